The highest BCUT2D eigenvalue weighted by Crippen LogP contribution is 2.50. The van der Waals surface area contributed by atoms with E-state index in [0.29, 0.717) is 17.9 Å². The topological polar surface area (TPSA) is 104 Å². The van der Waals surface area contributed by atoms with E-state index >= 15 is 0 Å². The van der Waals surface area contributed by atoms with Gasteiger partial charge in [0.25, 0.3) is 0 Å². The summed E-state index contributed by atoms with van der Waals surface area (Å²) < 4.78 is 24.6. The lowest BCUT2D eigenvalue weighted by Crippen LogP contribution is -2.21. The van der Waals surface area contributed by atoms with Crippen LogP contribution in [0.15, 0.2) is 84.0 Å². The van der Waals surface area contributed by atoms with Gasteiger partial charge in [0, 0.05) is 6.54 Å². The molecule has 3 aromatic carbocycles. The van der Waals surface area contributed by atoms with E-state index in [0.717, 1.165) is 16.9 Å². The molecular weight excluding hydrogens is 492 g/mol. The van der Waals surface area contributed by atoms with E-state index in [9.17, 15) is 14.4 Å². The Kier molecular flexibility index (Phi) is 9.30. The SMILES string of the molecule is COc1ccc(/C=N/N(C)[P+](=S)Oc2ccc(C(NCc3ccccc3)P(=O)(O)O)cc2)cc1. The summed E-state index contributed by atoms with van der Waals surface area (Å²) in [5.41, 5.74) is 2.27. The Balaban J connectivity index is 1.61. The van der Waals surface area contributed by atoms with E-state index in [-0.39, 0.29) is 0 Å². The van der Waals surface area contributed by atoms with E-state index < -0.39 is 20.5 Å². The van der Waals surface area contributed by atoms with Crippen LogP contribution < -0.4 is 14.6 Å². The molecule has 34 heavy (non-hydrogen) atoms. The molecule has 0 heterocycles. The van der Waals surface area contributed by atoms with Crippen molar-refractivity contribution in [1.82, 2.24) is 10.1 Å². The summed E-state index contributed by atoms with van der Waals surface area (Å²) in [7, 11) is -2.59. The molecular formula is C23H26N3O5P2S+. The van der Waals surface area contributed by atoms with Crippen LogP contribution in [0.4, 0.5) is 0 Å². The fourth-order valence-electron chi connectivity index (χ4n) is 2.98. The van der Waals surface area contributed by atoms with Gasteiger partial charge in [-0.1, -0.05) is 47.2 Å². The minimum Gasteiger partial charge on any atom is -0.497 e. The van der Waals surface area contributed by atoms with Gasteiger partial charge in [-0.15, -0.1) is 5.10 Å². The van der Waals surface area contributed by atoms with E-state index in [4.69, 9.17) is 21.1 Å². The molecule has 0 amide bonds. The molecule has 0 aliphatic rings. The average Bonchev–Trinajstić information content (AvgIpc) is 2.83. The molecule has 11 heteroatoms. The number of nitrogens with zero attached hydrogens (tertiary/aromatic N) is 2. The van der Waals surface area contributed by atoms with Gasteiger partial charge in [-0.05, 0) is 53.1 Å². The van der Waals surface area contributed by atoms with Crippen molar-refractivity contribution in [3.63, 3.8) is 0 Å². The molecule has 0 bridgehead atoms. The Bertz CT molecular complexity index is 1160. The summed E-state index contributed by atoms with van der Waals surface area (Å²) >= 11 is 5.43. The minimum absolute atomic E-state index is 0.323. The van der Waals surface area contributed by atoms with Gasteiger partial charge in [0.05, 0.1) is 20.4 Å². The predicted molar refractivity (Wildman–Crippen MR) is 138 cm³/mol. The first-order valence-electron chi connectivity index (χ1n) is 10.3. The lowest BCUT2D eigenvalue weighted by Gasteiger charge is -2.20. The van der Waals surface area contributed by atoms with Crippen LogP contribution in [-0.4, -0.2) is 34.9 Å². The van der Waals surface area contributed by atoms with Gasteiger partial charge in [-0.3, -0.25) is 14.4 Å². The van der Waals surface area contributed by atoms with E-state index in [1.54, 1.807) is 49.4 Å². The van der Waals surface area contributed by atoms with Crippen molar-refractivity contribution in [2.75, 3.05) is 14.2 Å². The Morgan fingerprint density at radius 1 is 1.06 bits per heavy atom. The number of methoxy groups -OCH3 is 1. The van der Waals surface area contributed by atoms with Crippen LogP contribution in [-0.2, 0) is 22.9 Å². The third-order valence-electron chi connectivity index (χ3n) is 4.78. The van der Waals surface area contributed by atoms with Gasteiger partial charge in [0.15, 0.2) is 5.75 Å². The zero-order chi connectivity index (χ0) is 24.6. The maximum Gasteiger partial charge on any atom is 0.540 e. The molecule has 8 nitrogen and oxygen atoms in total. The van der Waals surface area contributed by atoms with Gasteiger partial charge < -0.3 is 14.5 Å². The lowest BCUT2D eigenvalue weighted by atomic mass is 10.2. The molecule has 2 unspecified atom stereocenters. The van der Waals surface area contributed by atoms with Crippen molar-refractivity contribution in [3.8, 4) is 11.5 Å². The molecule has 0 aliphatic heterocycles. The fourth-order valence-corrected chi connectivity index (χ4v) is 4.81. The fraction of sp³-hybridized carbons (Fsp3) is 0.174. The zero-order valence-corrected chi connectivity index (χ0v) is 21.3. The minimum atomic E-state index is -4.44. The number of rotatable bonds is 11. The summed E-state index contributed by atoms with van der Waals surface area (Å²) in [6.45, 7) is 0.323. The average molecular weight is 518 g/mol. The predicted octanol–water partition coefficient (Wildman–Crippen LogP) is 4.78. The third kappa shape index (κ3) is 7.71. The van der Waals surface area contributed by atoms with Gasteiger partial charge in [-0.25, -0.2) is 0 Å². The second-order valence-corrected chi connectivity index (χ2v) is 11.1. The van der Waals surface area contributed by atoms with Crippen molar-refractivity contribution in [3.05, 3.63) is 95.6 Å². The van der Waals surface area contributed by atoms with Gasteiger partial charge in [0.1, 0.15) is 11.5 Å². The monoisotopic (exact) mass is 518 g/mol. The number of benzene rings is 3. The molecule has 0 fully saturated rings. The maximum absolute atomic E-state index is 12.1. The van der Waals surface area contributed by atoms with Crippen LogP contribution in [0.3, 0.4) is 0 Å². The summed E-state index contributed by atoms with van der Waals surface area (Å²) in [5.74, 6) is 0.117. The molecule has 0 radical (unpaired) electrons. The van der Waals surface area contributed by atoms with Crippen molar-refractivity contribution in [1.29, 1.82) is 0 Å². The number of ether oxygens (including phenoxy) is 1. The number of hydrogen-bond acceptors (Lipinski definition) is 6. The molecule has 3 rings (SSSR count). The Hall–Kier alpha value is -2.64. The Labute approximate surface area is 205 Å². The van der Waals surface area contributed by atoms with Crippen molar-refractivity contribution < 1.29 is 23.6 Å². The first-order valence-corrected chi connectivity index (χ1v) is 14.2. The zero-order valence-electron chi connectivity index (χ0n) is 18.7. The number of hydrogen-bond donors (Lipinski definition) is 3. The van der Waals surface area contributed by atoms with Crippen LogP contribution in [0.1, 0.15) is 22.5 Å². The second-order valence-electron chi connectivity index (χ2n) is 7.26. The molecule has 0 aliphatic carbocycles. The highest BCUT2D eigenvalue weighted by atomic mass is 32.4. The van der Waals surface area contributed by atoms with Crippen molar-refractivity contribution in [2.24, 2.45) is 5.10 Å². The number of hydrazone groups is 1. The first-order chi connectivity index (χ1) is 16.3. The van der Waals surface area contributed by atoms with Gasteiger partial charge in [-0.2, -0.15) is 0 Å². The molecule has 2 atom stereocenters. The third-order valence-corrected chi connectivity index (χ3v) is 7.81. The summed E-state index contributed by atoms with van der Waals surface area (Å²) in [6, 6.07) is 23.4. The number of nitrogens with one attached hydrogen (secondary N) is 1. The molecule has 0 saturated carbocycles. The van der Waals surface area contributed by atoms with Crippen LogP contribution in [0.25, 0.3) is 0 Å². The van der Waals surface area contributed by atoms with E-state index in [2.05, 4.69) is 10.4 Å². The normalized spacial score (nSPS) is 12.9. The van der Waals surface area contributed by atoms with Crippen molar-refractivity contribution in [2.45, 2.75) is 12.3 Å². The molecule has 3 aromatic rings. The molecule has 178 valence electrons. The summed E-state index contributed by atoms with van der Waals surface area (Å²) in [4.78, 5) is 19.7. The summed E-state index contributed by atoms with van der Waals surface area (Å²) in [5, 5.41) is 7.29. The van der Waals surface area contributed by atoms with E-state index in [1.807, 2.05) is 54.6 Å². The smallest absolute Gasteiger partial charge is 0.497 e. The molecule has 3 N–H and O–H groups in total. The molecule has 0 saturated heterocycles. The first kappa shape index (κ1) is 26.0. The van der Waals surface area contributed by atoms with Crippen LogP contribution in [0.2, 0.25) is 0 Å². The van der Waals surface area contributed by atoms with E-state index in [1.165, 1.54) is 0 Å². The molecule has 0 aromatic heterocycles. The highest BCUT2D eigenvalue weighted by Gasteiger charge is 2.30. The standard InChI is InChI=1S/C23H25N3O5P2S/c1-26(25-17-19-8-12-21(30-2)13-9-19)32(34)31-22-14-10-20(11-15-22)23(33(27,28)29)24-16-18-6-4-3-5-7-18/h3-15,17,23-24H,16H2,1-2H3,(H-,27,28,29)/p+1/b25-17+. The molecule has 0 spiro atoms. The van der Waals surface area contributed by atoms with Crippen LogP contribution in [0.5, 0.6) is 11.5 Å². The Morgan fingerprint density at radius 3 is 2.26 bits per heavy atom. The largest absolute Gasteiger partial charge is 0.540 e. The lowest BCUT2D eigenvalue weighted by molar-refractivity contribution is 0.347. The van der Waals surface area contributed by atoms with Crippen molar-refractivity contribution >= 4 is 32.7 Å². The maximum atomic E-state index is 12.1. The summed E-state index contributed by atoms with van der Waals surface area (Å²) in [6.07, 6.45) is 1.68. The van der Waals surface area contributed by atoms with Gasteiger partial charge >= 0.3 is 14.7 Å². The van der Waals surface area contributed by atoms with Crippen LogP contribution >= 0.6 is 14.7 Å². The highest BCUT2D eigenvalue weighted by molar-refractivity contribution is 8.02. The van der Waals surface area contributed by atoms with Crippen LogP contribution in [0, 0.1) is 0 Å². The second kappa shape index (κ2) is 12.2. The Morgan fingerprint density at radius 2 is 1.68 bits per heavy atom. The quantitative estimate of drug-likeness (QED) is 0.189. The van der Waals surface area contributed by atoms with Gasteiger partial charge in [0.2, 0.25) is 11.8 Å².